The van der Waals surface area contributed by atoms with Crippen LogP contribution >= 0.6 is 23.2 Å². The van der Waals surface area contributed by atoms with Gasteiger partial charge in [-0.1, -0.05) is 23.2 Å². The Labute approximate surface area is 126 Å². The first-order chi connectivity index (χ1) is 9.19. The second-order valence-electron chi connectivity index (χ2n) is 4.10. The summed E-state index contributed by atoms with van der Waals surface area (Å²) in [7, 11) is -4.00. The fraction of sp³-hybridized carbons (Fsp3) is 0.364. The maximum Gasteiger partial charge on any atom is 0.337 e. The smallest absolute Gasteiger partial charge is 0.337 e. The van der Waals surface area contributed by atoms with Crippen LogP contribution in [-0.4, -0.2) is 37.2 Å². The van der Waals surface area contributed by atoms with Gasteiger partial charge in [-0.15, -0.1) is 0 Å². The molecule has 0 fully saturated rings. The van der Waals surface area contributed by atoms with Crippen molar-refractivity contribution in [3.63, 3.8) is 0 Å². The standard InChI is InChI=1S/C11H13Cl2NO5S/c1-6(2-3-15)14-20(18,19)10-4-7(11(16)17)8(12)5-9(10)13/h4-6,14-15H,2-3H2,1H3,(H,16,17). The molecule has 0 amide bonds. The number of nitrogens with one attached hydrogen (secondary N) is 1. The van der Waals surface area contributed by atoms with Gasteiger partial charge in [0.25, 0.3) is 0 Å². The first kappa shape index (κ1) is 17.2. The number of benzene rings is 1. The molecule has 112 valence electrons. The van der Waals surface area contributed by atoms with Crippen LogP contribution in [0.3, 0.4) is 0 Å². The van der Waals surface area contributed by atoms with Crippen LogP contribution in [-0.2, 0) is 10.0 Å². The lowest BCUT2D eigenvalue weighted by atomic mass is 10.2. The van der Waals surface area contributed by atoms with Crippen LogP contribution in [0.5, 0.6) is 0 Å². The Balaban J connectivity index is 3.24. The summed E-state index contributed by atoms with van der Waals surface area (Å²) in [4.78, 5) is 10.6. The molecule has 3 N–H and O–H groups in total. The summed E-state index contributed by atoms with van der Waals surface area (Å²) in [6, 6.07) is 1.45. The number of carboxylic acids is 1. The van der Waals surface area contributed by atoms with E-state index in [0.29, 0.717) is 0 Å². The minimum absolute atomic E-state index is 0.148. The molecule has 0 bridgehead atoms. The molecule has 0 aliphatic rings. The summed E-state index contributed by atoms with van der Waals surface area (Å²) in [5.74, 6) is -1.36. The monoisotopic (exact) mass is 341 g/mol. The summed E-state index contributed by atoms with van der Waals surface area (Å²) in [5, 5.41) is 17.4. The van der Waals surface area contributed by atoms with Gasteiger partial charge in [0.05, 0.1) is 15.6 Å². The summed E-state index contributed by atoms with van der Waals surface area (Å²) >= 11 is 11.5. The van der Waals surface area contributed by atoms with Gasteiger partial charge in [0.2, 0.25) is 10.0 Å². The van der Waals surface area contributed by atoms with Crippen molar-refractivity contribution in [2.75, 3.05) is 6.61 Å². The van der Waals surface area contributed by atoms with Gasteiger partial charge >= 0.3 is 5.97 Å². The molecule has 6 nitrogen and oxygen atoms in total. The Morgan fingerprint density at radius 1 is 1.35 bits per heavy atom. The van der Waals surface area contributed by atoms with E-state index in [-0.39, 0.29) is 33.5 Å². The number of hydrogen-bond donors (Lipinski definition) is 3. The van der Waals surface area contributed by atoms with Crippen molar-refractivity contribution in [3.05, 3.63) is 27.7 Å². The SMILES string of the molecule is CC(CCO)NS(=O)(=O)c1cc(C(=O)O)c(Cl)cc1Cl. The molecule has 0 spiro atoms. The van der Waals surface area contributed by atoms with Gasteiger partial charge in [-0.25, -0.2) is 17.9 Å². The average Bonchev–Trinajstić information content (AvgIpc) is 2.27. The number of carboxylic acid groups (broad SMARTS) is 1. The van der Waals surface area contributed by atoms with Gasteiger partial charge in [-0.05, 0) is 25.5 Å². The van der Waals surface area contributed by atoms with Crippen molar-refractivity contribution in [1.29, 1.82) is 0 Å². The molecule has 1 unspecified atom stereocenters. The first-order valence-corrected chi connectivity index (χ1v) is 7.78. The molecule has 1 rings (SSSR count). The quantitative estimate of drug-likeness (QED) is 0.731. The zero-order valence-corrected chi connectivity index (χ0v) is 12.8. The maximum atomic E-state index is 12.1. The zero-order chi connectivity index (χ0) is 15.5. The number of carbonyl (C=O) groups is 1. The second-order valence-corrected chi connectivity index (χ2v) is 6.60. The maximum absolute atomic E-state index is 12.1. The first-order valence-electron chi connectivity index (χ1n) is 5.54. The third kappa shape index (κ3) is 4.07. The lowest BCUT2D eigenvalue weighted by Crippen LogP contribution is -2.33. The third-order valence-corrected chi connectivity index (χ3v) is 4.83. The highest BCUT2D eigenvalue weighted by atomic mass is 35.5. The van der Waals surface area contributed by atoms with E-state index in [0.717, 1.165) is 12.1 Å². The van der Waals surface area contributed by atoms with Gasteiger partial charge in [0.1, 0.15) is 4.90 Å². The van der Waals surface area contributed by atoms with E-state index in [9.17, 15) is 13.2 Å². The van der Waals surface area contributed by atoms with Crippen LogP contribution in [0.15, 0.2) is 17.0 Å². The number of sulfonamides is 1. The molecule has 1 aromatic rings. The van der Waals surface area contributed by atoms with Crippen LogP contribution in [0.2, 0.25) is 10.0 Å². The molecule has 9 heteroatoms. The largest absolute Gasteiger partial charge is 0.478 e. The molecule has 0 radical (unpaired) electrons. The molecule has 0 heterocycles. The lowest BCUT2D eigenvalue weighted by Gasteiger charge is -2.14. The van der Waals surface area contributed by atoms with Crippen molar-refractivity contribution < 1.29 is 23.4 Å². The van der Waals surface area contributed by atoms with E-state index in [2.05, 4.69) is 4.72 Å². The van der Waals surface area contributed by atoms with E-state index in [1.165, 1.54) is 0 Å². The van der Waals surface area contributed by atoms with E-state index in [4.69, 9.17) is 33.4 Å². The minimum Gasteiger partial charge on any atom is -0.478 e. The van der Waals surface area contributed by atoms with E-state index >= 15 is 0 Å². The third-order valence-electron chi connectivity index (χ3n) is 2.46. The Morgan fingerprint density at radius 3 is 2.45 bits per heavy atom. The molecule has 1 aromatic carbocycles. The molecule has 0 saturated carbocycles. The number of halogens is 2. The molecule has 0 aliphatic carbocycles. The Kier molecular flexibility index (Phi) is 5.79. The normalized spacial score (nSPS) is 13.2. The molecular weight excluding hydrogens is 329 g/mol. The van der Waals surface area contributed by atoms with Crippen LogP contribution in [0, 0.1) is 0 Å². The molecule has 1 atom stereocenters. The van der Waals surface area contributed by atoms with Crippen LogP contribution in [0.1, 0.15) is 23.7 Å². The highest BCUT2D eigenvalue weighted by molar-refractivity contribution is 7.89. The van der Waals surface area contributed by atoms with Gasteiger partial charge in [-0.2, -0.15) is 0 Å². The fourth-order valence-electron chi connectivity index (χ4n) is 1.48. The molecular formula is C11H13Cl2NO5S. The lowest BCUT2D eigenvalue weighted by molar-refractivity contribution is 0.0697. The Morgan fingerprint density at radius 2 is 1.95 bits per heavy atom. The van der Waals surface area contributed by atoms with Crippen LogP contribution in [0.4, 0.5) is 0 Å². The van der Waals surface area contributed by atoms with E-state index < -0.39 is 22.0 Å². The summed E-state index contributed by atoms with van der Waals surface area (Å²) in [6.07, 6.45) is 0.218. The Bertz CT molecular complexity index is 617. The molecule has 0 aromatic heterocycles. The van der Waals surface area contributed by atoms with Crippen molar-refractivity contribution >= 4 is 39.2 Å². The predicted octanol–water partition coefficient (Wildman–Crippen LogP) is 1.74. The zero-order valence-electron chi connectivity index (χ0n) is 10.4. The topological polar surface area (TPSA) is 104 Å². The predicted molar refractivity (Wildman–Crippen MR) is 74.9 cm³/mol. The average molecular weight is 342 g/mol. The minimum atomic E-state index is -4.00. The van der Waals surface area contributed by atoms with Gasteiger partial charge in [-0.3, -0.25) is 0 Å². The number of aliphatic hydroxyl groups excluding tert-OH is 1. The van der Waals surface area contributed by atoms with Gasteiger partial charge < -0.3 is 10.2 Å². The number of rotatable bonds is 6. The number of hydrogen-bond acceptors (Lipinski definition) is 4. The van der Waals surface area contributed by atoms with Crippen molar-refractivity contribution in [2.45, 2.75) is 24.3 Å². The fourth-order valence-corrected chi connectivity index (χ4v) is 3.61. The van der Waals surface area contributed by atoms with Crippen LogP contribution < -0.4 is 4.72 Å². The van der Waals surface area contributed by atoms with Crippen molar-refractivity contribution in [2.24, 2.45) is 0 Å². The summed E-state index contributed by atoms with van der Waals surface area (Å²) < 4.78 is 26.5. The molecule has 20 heavy (non-hydrogen) atoms. The molecule has 0 saturated heterocycles. The second kappa shape index (κ2) is 6.73. The van der Waals surface area contributed by atoms with E-state index in [1.807, 2.05) is 0 Å². The Hall–Kier alpha value is -0.860. The van der Waals surface area contributed by atoms with Crippen molar-refractivity contribution in [3.8, 4) is 0 Å². The highest BCUT2D eigenvalue weighted by Gasteiger charge is 2.23. The highest BCUT2D eigenvalue weighted by Crippen LogP contribution is 2.28. The molecule has 0 aliphatic heterocycles. The van der Waals surface area contributed by atoms with Gasteiger partial charge in [0.15, 0.2) is 0 Å². The summed E-state index contributed by atoms with van der Waals surface area (Å²) in [6.45, 7) is 1.38. The number of aliphatic hydroxyl groups is 1. The number of aromatic carboxylic acids is 1. The van der Waals surface area contributed by atoms with Crippen LogP contribution in [0.25, 0.3) is 0 Å². The van der Waals surface area contributed by atoms with Gasteiger partial charge in [0, 0.05) is 12.6 Å². The van der Waals surface area contributed by atoms with E-state index in [1.54, 1.807) is 6.92 Å². The van der Waals surface area contributed by atoms with Crippen molar-refractivity contribution in [1.82, 2.24) is 4.72 Å². The summed E-state index contributed by atoms with van der Waals surface area (Å²) in [5.41, 5.74) is -0.355.